The van der Waals surface area contributed by atoms with Crippen LogP contribution in [0.3, 0.4) is 0 Å². The Labute approximate surface area is 157 Å². The fourth-order valence-corrected chi connectivity index (χ4v) is 3.36. The third-order valence-electron chi connectivity index (χ3n) is 3.51. The molecule has 2 aromatic carbocycles. The van der Waals surface area contributed by atoms with Gasteiger partial charge in [-0.25, -0.2) is 4.39 Å². The summed E-state index contributed by atoms with van der Waals surface area (Å²) in [5, 5.41) is 10.6. The molecule has 132 valence electrons. The number of rotatable bonds is 7. The van der Waals surface area contributed by atoms with Gasteiger partial charge in [-0.2, -0.15) is 0 Å². The van der Waals surface area contributed by atoms with Gasteiger partial charge in [0.05, 0.1) is 10.7 Å². The molecule has 2 rings (SSSR count). The van der Waals surface area contributed by atoms with E-state index in [0.29, 0.717) is 12.1 Å². The van der Waals surface area contributed by atoms with Crippen LogP contribution < -0.4 is 0 Å². The minimum Gasteiger partial charge on any atom is -0.338 e. The quantitative estimate of drug-likeness (QED) is 0.367. The lowest BCUT2D eigenvalue weighted by molar-refractivity contribution is -0.384. The van der Waals surface area contributed by atoms with Crippen LogP contribution in [-0.2, 0) is 11.3 Å². The summed E-state index contributed by atoms with van der Waals surface area (Å²) in [5.74, 6) is -0.288. The normalized spacial score (nSPS) is 10.5. The Hall–Kier alpha value is -1.93. The van der Waals surface area contributed by atoms with Crippen molar-refractivity contribution in [3.63, 3.8) is 0 Å². The molecular weight excluding hydrogens is 411 g/mol. The van der Waals surface area contributed by atoms with E-state index in [0.717, 1.165) is 9.37 Å². The molecule has 5 nitrogen and oxygen atoms in total. The average molecular weight is 427 g/mol. The van der Waals surface area contributed by atoms with E-state index < -0.39 is 4.92 Å². The van der Waals surface area contributed by atoms with E-state index in [1.54, 1.807) is 29.2 Å². The Morgan fingerprint density at radius 1 is 1.28 bits per heavy atom. The number of nitro groups is 1. The van der Waals surface area contributed by atoms with Crippen LogP contribution >= 0.6 is 27.7 Å². The molecular formula is C17H16BrFN2O3S. The van der Waals surface area contributed by atoms with Gasteiger partial charge in [0.15, 0.2) is 0 Å². The molecule has 8 heteroatoms. The van der Waals surface area contributed by atoms with E-state index >= 15 is 0 Å². The van der Waals surface area contributed by atoms with Crippen LogP contribution in [0, 0.1) is 15.9 Å². The van der Waals surface area contributed by atoms with Gasteiger partial charge >= 0.3 is 0 Å². The minimum absolute atomic E-state index is 0.0102. The third-order valence-corrected chi connectivity index (χ3v) is 5.00. The van der Waals surface area contributed by atoms with E-state index in [4.69, 9.17) is 0 Å². The van der Waals surface area contributed by atoms with E-state index in [2.05, 4.69) is 15.9 Å². The Morgan fingerprint density at radius 2 is 1.96 bits per heavy atom. The molecule has 25 heavy (non-hydrogen) atoms. The maximum absolute atomic E-state index is 13.9. The zero-order valence-electron chi connectivity index (χ0n) is 13.4. The molecule has 0 N–H and O–H groups in total. The summed E-state index contributed by atoms with van der Waals surface area (Å²) in [6, 6.07) is 10.7. The predicted octanol–water partition coefficient (Wildman–Crippen LogP) is 4.64. The van der Waals surface area contributed by atoms with E-state index in [9.17, 15) is 19.3 Å². The molecule has 0 aliphatic rings. The zero-order chi connectivity index (χ0) is 18.4. The molecule has 0 unspecified atom stereocenters. The van der Waals surface area contributed by atoms with Crippen LogP contribution in [0.25, 0.3) is 0 Å². The fraction of sp³-hybridized carbons (Fsp3) is 0.235. The lowest BCUT2D eigenvalue weighted by atomic mass is 10.2. The first-order valence-corrected chi connectivity index (χ1v) is 9.27. The molecule has 0 spiro atoms. The summed E-state index contributed by atoms with van der Waals surface area (Å²) in [4.78, 5) is 24.9. The second-order valence-corrected chi connectivity index (χ2v) is 7.15. The van der Waals surface area contributed by atoms with Gasteiger partial charge in [0, 0.05) is 40.2 Å². The third kappa shape index (κ3) is 5.54. The molecule has 0 saturated heterocycles. The Morgan fingerprint density at radius 3 is 2.56 bits per heavy atom. The second-order valence-electron chi connectivity index (χ2n) is 5.18. The van der Waals surface area contributed by atoms with Gasteiger partial charge in [0.1, 0.15) is 5.82 Å². The number of amides is 1. The number of nitro benzene ring substituents is 1. The van der Waals surface area contributed by atoms with Gasteiger partial charge < -0.3 is 4.90 Å². The van der Waals surface area contributed by atoms with Crippen molar-refractivity contribution in [1.29, 1.82) is 0 Å². The number of carbonyl (C=O) groups excluding carboxylic acids is 1. The maximum Gasteiger partial charge on any atom is 0.269 e. The lowest BCUT2D eigenvalue weighted by Gasteiger charge is -2.21. The van der Waals surface area contributed by atoms with Crippen LogP contribution in [0.15, 0.2) is 51.8 Å². The van der Waals surface area contributed by atoms with Crippen LogP contribution in [0.1, 0.15) is 12.5 Å². The largest absolute Gasteiger partial charge is 0.338 e. The molecule has 0 saturated carbocycles. The highest BCUT2D eigenvalue weighted by Crippen LogP contribution is 2.22. The molecule has 2 aromatic rings. The molecule has 1 amide bonds. The van der Waals surface area contributed by atoms with Crippen molar-refractivity contribution in [3.05, 3.63) is 68.4 Å². The Bertz CT molecular complexity index is 771. The van der Waals surface area contributed by atoms with E-state index in [-0.39, 0.29) is 29.7 Å². The topological polar surface area (TPSA) is 63.5 Å². The highest BCUT2D eigenvalue weighted by Gasteiger charge is 2.15. The first-order chi connectivity index (χ1) is 11.9. The summed E-state index contributed by atoms with van der Waals surface area (Å²) >= 11 is 4.59. The number of benzene rings is 2. The van der Waals surface area contributed by atoms with Gasteiger partial charge in [-0.3, -0.25) is 14.9 Å². The number of thioether (sulfide) groups is 1. The average Bonchev–Trinajstić information content (AvgIpc) is 2.60. The van der Waals surface area contributed by atoms with Crippen molar-refractivity contribution in [3.8, 4) is 0 Å². The van der Waals surface area contributed by atoms with Gasteiger partial charge in [-0.1, -0.05) is 15.9 Å². The molecule has 0 aliphatic carbocycles. The van der Waals surface area contributed by atoms with Crippen molar-refractivity contribution in [2.45, 2.75) is 18.4 Å². The maximum atomic E-state index is 13.9. The number of halogens is 2. The monoisotopic (exact) mass is 426 g/mol. The van der Waals surface area contributed by atoms with Gasteiger partial charge in [-0.05, 0) is 37.3 Å². The molecule has 0 fully saturated rings. The highest BCUT2D eigenvalue weighted by atomic mass is 79.9. The van der Waals surface area contributed by atoms with Crippen LogP contribution in [-0.4, -0.2) is 28.0 Å². The lowest BCUT2D eigenvalue weighted by Crippen LogP contribution is -2.32. The van der Waals surface area contributed by atoms with E-state index in [1.165, 1.54) is 30.0 Å². The SMILES string of the molecule is CCN(Cc1cc(Br)ccc1F)C(=O)CSc1ccc([N+](=O)[O-])cc1. The van der Waals surface area contributed by atoms with Crippen LogP contribution in [0.2, 0.25) is 0 Å². The van der Waals surface area contributed by atoms with Gasteiger partial charge in [0.2, 0.25) is 5.91 Å². The van der Waals surface area contributed by atoms with Crippen molar-refractivity contribution >= 4 is 39.3 Å². The minimum atomic E-state index is -0.467. The molecule has 0 heterocycles. The number of hydrogen-bond donors (Lipinski definition) is 0. The van der Waals surface area contributed by atoms with Gasteiger partial charge in [0.25, 0.3) is 5.69 Å². The zero-order valence-corrected chi connectivity index (χ0v) is 15.8. The molecule has 0 aromatic heterocycles. The molecule has 0 bridgehead atoms. The second kappa shape index (κ2) is 8.96. The Balaban J connectivity index is 1.97. The van der Waals surface area contributed by atoms with Crippen LogP contribution in [0.4, 0.5) is 10.1 Å². The first kappa shape index (κ1) is 19.4. The number of nitrogens with zero attached hydrogens (tertiary/aromatic N) is 2. The van der Waals surface area contributed by atoms with Crippen LogP contribution in [0.5, 0.6) is 0 Å². The summed E-state index contributed by atoms with van der Waals surface area (Å²) in [6.45, 7) is 2.50. The summed E-state index contributed by atoms with van der Waals surface area (Å²) in [7, 11) is 0. The van der Waals surface area contributed by atoms with Crippen molar-refractivity contribution in [2.75, 3.05) is 12.3 Å². The standard InChI is InChI=1S/C17H16BrFN2O3S/c1-2-20(10-12-9-13(18)3-8-16(12)19)17(22)11-25-15-6-4-14(5-7-15)21(23)24/h3-9H,2,10-11H2,1H3. The van der Waals surface area contributed by atoms with E-state index in [1.807, 2.05) is 6.92 Å². The van der Waals surface area contributed by atoms with Crippen molar-refractivity contribution in [1.82, 2.24) is 4.90 Å². The molecule has 0 aliphatic heterocycles. The first-order valence-electron chi connectivity index (χ1n) is 7.49. The molecule has 0 atom stereocenters. The molecule has 0 radical (unpaired) electrons. The van der Waals surface area contributed by atoms with Gasteiger partial charge in [-0.15, -0.1) is 11.8 Å². The van der Waals surface area contributed by atoms with Crippen molar-refractivity contribution in [2.24, 2.45) is 0 Å². The number of non-ortho nitro benzene ring substituents is 1. The fourth-order valence-electron chi connectivity index (χ4n) is 2.15. The number of carbonyl (C=O) groups is 1. The summed E-state index contributed by atoms with van der Waals surface area (Å²) in [6.07, 6.45) is 0. The smallest absolute Gasteiger partial charge is 0.269 e. The predicted molar refractivity (Wildman–Crippen MR) is 99.0 cm³/mol. The van der Waals surface area contributed by atoms with Crippen molar-refractivity contribution < 1.29 is 14.1 Å². The summed E-state index contributed by atoms with van der Waals surface area (Å²) < 4.78 is 14.6. The Kier molecular flexibility index (Phi) is 6.95. The number of hydrogen-bond acceptors (Lipinski definition) is 4. The summed E-state index contributed by atoms with van der Waals surface area (Å²) in [5.41, 5.74) is 0.459. The highest BCUT2D eigenvalue weighted by molar-refractivity contribution is 9.10.